The summed E-state index contributed by atoms with van der Waals surface area (Å²) in [5.41, 5.74) is 0. The molecule has 3 fully saturated rings. The summed E-state index contributed by atoms with van der Waals surface area (Å²) in [6.07, 6.45) is 3.30. The standard InChI is InChI=1S/C25H40N4O10S/c30-20(4-2-1-3-19-24-18(17-40-19)27-25(34)28-24)26-8-10-36-12-14-38-16-15-37-13-11-35-9-7-23(33)39-29-21(31)5-6-22(29)32/h18-19,24H,1-17H2,(H,26,30)(H2,27,28,34)/t18-,19-,24+/m1/s1. The fraction of sp³-hybridized carbons (Fsp3) is 0.800. The minimum absolute atomic E-state index is 0.0174. The van der Waals surface area contributed by atoms with Crippen LogP contribution >= 0.6 is 11.8 Å². The number of rotatable bonds is 21. The Balaban J connectivity index is 1.00. The first-order valence-corrected chi connectivity index (χ1v) is 14.8. The van der Waals surface area contributed by atoms with Crippen LogP contribution in [0.4, 0.5) is 4.79 Å². The molecule has 14 nitrogen and oxygen atoms in total. The number of carbonyl (C=O) groups is 5. The third kappa shape index (κ3) is 11.6. The summed E-state index contributed by atoms with van der Waals surface area (Å²) >= 11 is 1.89. The molecular weight excluding hydrogens is 548 g/mol. The summed E-state index contributed by atoms with van der Waals surface area (Å²) in [4.78, 5) is 62.5. The third-order valence-electron chi connectivity index (χ3n) is 6.41. The smallest absolute Gasteiger partial charge is 0.335 e. The SMILES string of the molecule is O=C(CCCC[C@H]1SC[C@H]2NC(=O)N[C@@H]21)NCCOCCOCCOCCOCCC(=O)ON1C(=O)CCC1=O. The van der Waals surface area contributed by atoms with E-state index in [1.807, 2.05) is 11.8 Å². The normalized spacial score (nSPS) is 21.9. The van der Waals surface area contributed by atoms with Gasteiger partial charge in [0.25, 0.3) is 11.8 Å². The first kappa shape index (κ1) is 32.1. The van der Waals surface area contributed by atoms with Crippen molar-refractivity contribution in [2.45, 2.75) is 62.3 Å². The van der Waals surface area contributed by atoms with Gasteiger partial charge in [0.1, 0.15) is 0 Å². The van der Waals surface area contributed by atoms with Crippen molar-refractivity contribution in [3.05, 3.63) is 0 Å². The number of nitrogens with one attached hydrogen (secondary N) is 3. The Morgan fingerprint density at radius 3 is 2.12 bits per heavy atom. The Kier molecular flexibility index (Phi) is 14.5. The summed E-state index contributed by atoms with van der Waals surface area (Å²) in [5.74, 6) is -0.764. The highest BCUT2D eigenvalue weighted by molar-refractivity contribution is 8.00. The maximum absolute atomic E-state index is 12.0. The van der Waals surface area contributed by atoms with Crippen molar-refractivity contribution >= 4 is 41.5 Å². The van der Waals surface area contributed by atoms with Gasteiger partial charge in [-0.1, -0.05) is 6.42 Å². The molecule has 0 spiro atoms. The minimum Gasteiger partial charge on any atom is -0.378 e. The fourth-order valence-electron chi connectivity index (χ4n) is 4.35. The topological polar surface area (TPSA) is 171 Å². The van der Waals surface area contributed by atoms with Gasteiger partial charge in [-0.25, -0.2) is 9.59 Å². The van der Waals surface area contributed by atoms with E-state index in [0.717, 1.165) is 25.0 Å². The van der Waals surface area contributed by atoms with Crippen molar-refractivity contribution in [3.63, 3.8) is 0 Å². The lowest BCUT2D eigenvalue weighted by molar-refractivity contribution is -0.198. The second-order valence-electron chi connectivity index (χ2n) is 9.46. The summed E-state index contributed by atoms with van der Waals surface area (Å²) in [6.45, 7) is 3.17. The highest BCUT2D eigenvalue weighted by Gasteiger charge is 2.42. The molecule has 15 heteroatoms. The molecule has 3 heterocycles. The molecule has 226 valence electrons. The number of unbranched alkanes of at least 4 members (excludes halogenated alkanes) is 1. The number of hydrogen-bond acceptors (Lipinski definition) is 11. The fourth-order valence-corrected chi connectivity index (χ4v) is 5.89. The maximum Gasteiger partial charge on any atom is 0.335 e. The third-order valence-corrected chi connectivity index (χ3v) is 7.92. The zero-order valence-corrected chi connectivity index (χ0v) is 23.5. The Bertz CT molecular complexity index is 847. The van der Waals surface area contributed by atoms with E-state index >= 15 is 0 Å². The van der Waals surface area contributed by atoms with Crippen LogP contribution in [-0.4, -0.2) is 117 Å². The Morgan fingerprint density at radius 1 is 0.825 bits per heavy atom. The maximum atomic E-state index is 12.0. The van der Waals surface area contributed by atoms with E-state index in [0.29, 0.717) is 62.9 Å². The zero-order valence-electron chi connectivity index (χ0n) is 22.7. The number of ether oxygens (including phenoxy) is 4. The number of nitrogens with zero attached hydrogens (tertiary/aromatic N) is 1. The highest BCUT2D eigenvalue weighted by Crippen LogP contribution is 2.33. The number of urea groups is 1. The predicted octanol–water partition coefficient (Wildman–Crippen LogP) is -0.108. The second kappa shape index (κ2) is 18.1. The first-order valence-electron chi connectivity index (χ1n) is 13.8. The molecule has 3 saturated heterocycles. The number of thioether (sulfide) groups is 1. The van der Waals surface area contributed by atoms with Crippen LogP contribution < -0.4 is 16.0 Å². The van der Waals surface area contributed by atoms with Gasteiger partial charge in [0, 0.05) is 36.8 Å². The van der Waals surface area contributed by atoms with Gasteiger partial charge >= 0.3 is 12.0 Å². The van der Waals surface area contributed by atoms with Crippen LogP contribution in [-0.2, 0) is 43.0 Å². The molecule has 0 saturated carbocycles. The van der Waals surface area contributed by atoms with E-state index in [1.54, 1.807) is 0 Å². The average molecular weight is 589 g/mol. The summed E-state index contributed by atoms with van der Waals surface area (Å²) in [5, 5.41) is 9.71. The van der Waals surface area contributed by atoms with Gasteiger partial charge in [0.2, 0.25) is 5.91 Å². The quantitative estimate of drug-likeness (QED) is 0.0929. The molecule has 0 unspecified atom stereocenters. The molecule has 0 radical (unpaired) electrons. The average Bonchev–Trinajstić information content (AvgIpc) is 3.58. The van der Waals surface area contributed by atoms with E-state index in [9.17, 15) is 24.0 Å². The van der Waals surface area contributed by atoms with Crippen LogP contribution in [0.25, 0.3) is 0 Å². The van der Waals surface area contributed by atoms with E-state index in [-0.39, 0.29) is 56.5 Å². The van der Waals surface area contributed by atoms with E-state index in [4.69, 9.17) is 23.8 Å². The van der Waals surface area contributed by atoms with Crippen LogP contribution in [0.5, 0.6) is 0 Å². The molecule has 3 N–H and O–H groups in total. The molecule has 5 amide bonds. The molecule has 3 rings (SSSR count). The monoisotopic (exact) mass is 588 g/mol. The lowest BCUT2D eigenvalue weighted by Crippen LogP contribution is -2.36. The molecule has 0 aliphatic carbocycles. The van der Waals surface area contributed by atoms with Crippen molar-refractivity contribution in [2.24, 2.45) is 0 Å². The zero-order chi connectivity index (χ0) is 28.6. The Labute approximate surface area is 237 Å². The molecule has 0 aromatic heterocycles. The van der Waals surface area contributed by atoms with Crippen LogP contribution in [0, 0.1) is 0 Å². The summed E-state index contributed by atoms with van der Waals surface area (Å²) in [7, 11) is 0. The minimum atomic E-state index is -0.703. The number of amides is 5. The molecular formula is C25H40N4O10S. The van der Waals surface area contributed by atoms with Gasteiger partial charge < -0.3 is 39.7 Å². The van der Waals surface area contributed by atoms with Crippen molar-refractivity contribution in [3.8, 4) is 0 Å². The molecule has 0 aromatic carbocycles. The van der Waals surface area contributed by atoms with Gasteiger partial charge in [-0.3, -0.25) is 14.4 Å². The van der Waals surface area contributed by atoms with Crippen LogP contribution in [0.2, 0.25) is 0 Å². The van der Waals surface area contributed by atoms with Crippen molar-refractivity contribution < 1.29 is 47.8 Å². The predicted molar refractivity (Wildman–Crippen MR) is 142 cm³/mol. The molecule has 3 aliphatic rings. The molecule has 40 heavy (non-hydrogen) atoms. The number of carbonyl (C=O) groups excluding carboxylic acids is 5. The molecule has 3 aliphatic heterocycles. The first-order chi connectivity index (χ1) is 19.4. The van der Waals surface area contributed by atoms with Gasteiger partial charge in [0.15, 0.2) is 0 Å². The van der Waals surface area contributed by atoms with E-state index < -0.39 is 17.8 Å². The van der Waals surface area contributed by atoms with Crippen LogP contribution in [0.1, 0.15) is 44.9 Å². The van der Waals surface area contributed by atoms with Gasteiger partial charge in [-0.15, -0.1) is 5.06 Å². The lowest BCUT2D eigenvalue weighted by atomic mass is 10.0. The number of imide groups is 1. The second-order valence-corrected chi connectivity index (χ2v) is 10.7. The Morgan fingerprint density at radius 2 is 1.45 bits per heavy atom. The van der Waals surface area contributed by atoms with E-state index in [1.165, 1.54) is 0 Å². The van der Waals surface area contributed by atoms with E-state index in [2.05, 4.69) is 16.0 Å². The van der Waals surface area contributed by atoms with Gasteiger partial charge in [-0.05, 0) is 12.8 Å². The highest BCUT2D eigenvalue weighted by atomic mass is 32.2. The summed E-state index contributed by atoms with van der Waals surface area (Å²) in [6, 6.07) is 0.372. The molecule has 3 atom stereocenters. The van der Waals surface area contributed by atoms with Crippen LogP contribution in [0.3, 0.4) is 0 Å². The van der Waals surface area contributed by atoms with Gasteiger partial charge in [-0.2, -0.15) is 11.8 Å². The lowest BCUT2D eigenvalue weighted by Gasteiger charge is -2.16. The summed E-state index contributed by atoms with van der Waals surface area (Å²) < 4.78 is 21.5. The molecule has 0 aromatic rings. The van der Waals surface area contributed by atoms with Crippen LogP contribution in [0.15, 0.2) is 0 Å². The van der Waals surface area contributed by atoms with Crippen molar-refractivity contribution in [1.82, 2.24) is 21.0 Å². The molecule has 0 bridgehead atoms. The largest absolute Gasteiger partial charge is 0.378 e. The number of hydrogen-bond donors (Lipinski definition) is 3. The van der Waals surface area contributed by atoms with Gasteiger partial charge in [0.05, 0.1) is 71.4 Å². The van der Waals surface area contributed by atoms with Crippen molar-refractivity contribution in [2.75, 3.05) is 65.2 Å². The van der Waals surface area contributed by atoms with Crippen molar-refractivity contribution in [1.29, 1.82) is 0 Å². The number of hydroxylamine groups is 2. The number of fused-ring (bicyclic) bond motifs is 1. The Hall–Kier alpha value is -2.46.